The second-order valence-corrected chi connectivity index (χ2v) is 11.5. The predicted molar refractivity (Wildman–Crippen MR) is 188 cm³/mol. The third kappa shape index (κ3) is 8.91. The number of fused-ring (bicyclic) bond motifs is 1. The van der Waals surface area contributed by atoms with Crippen LogP contribution in [-0.4, -0.2) is 70.1 Å². The first-order valence-corrected chi connectivity index (χ1v) is 16.3. The molecule has 0 radical (unpaired) electrons. The number of anilines is 2. The first kappa shape index (κ1) is 36.6. The highest BCUT2D eigenvalue weighted by Gasteiger charge is 2.21. The van der Waals surface area contributed by atoms with E-state index in [-0.39, 0.29) is 48.3 Å². The zero-order valence-corrected chi connectivity index (χ0v) is 28.4. The number of nitrogens with one attached hydrogen (secondary N) is 4. The molecule has 14 nitrogen and oxygen atoms in total. The highest BCUT2D eigenvalue weighted by Crippen LogP contribution is 2.33. The Bertz CT molecular complexity index is 1990. The molecule has 3 aromatic heterocycles. The topological polar surface area (TPSA) is 196 Å². The third-order valence-electron chi connectivity index (χ3n) is 7.87. The van der Waals surface area contributed by atoms with E-state index in [1.807, 2.05) is 13.0 Å². The molecular formula is C35H40F2N10O4. The second kappa shape index (κ2) is 16.8. The van der Waals surface area contributed by atoms with E-state index in [0.29, 0.717) is 53.5 Å². The summed E-state index contributed by atoms with van der Waals surface area (Å²) in [6.45, 7) is 4.67. The highest BCUT2D eigenvalue weighted by molar-refractivity contribution is 5.96. The van der Waals surface area contributed by atoms with Crippen LogP contribution in [0, 0.1) is 11.6 Å². The summed E-state index contributed by atoms with van der Waals surface area (Å²) in [5, 5.41) is 11.8. The van der Waals surface area contributed by atoms with Crippen LogP contribution in [-0.2, 0) is 11.2 Å². The van der Waals surface area contributed by atoms with Gasteiger partial charge in [0, 0.05) is 48.4 Å². The molecule has 1 unspecified atom stereocenters. The van der Waals surface area contributed by atoms with E-state index in [1.165, 1.54) is 43.9 Å². The number of nitrogens with zero attached hydrogens (tertiary/aromatic N) is 4. The molecule has 51 heavy (non-hydrogen) atoms. The van der Waals surface area contributed by atoms with Crippen molar-refractivity contribution in [2.24, 2.45) is 11.5 Å². The van der Waals surface area contributed by atoms with E-state index < -0.39 is 17.7 Å². The van der Waals surface area contributed by atoms with Gasteiger partial charge in [-0.3, -0.25) is 14.0 Å². The number of hydrogen-bond acceptors (Lipinski definition) is 11. The lowest BCUT2D eigenvalue weighted by atomic mass is 10.0. The number of hydrogen-bond donors (Lipinski definition) is 6. The largest absolute Gasteiger partial charge is 0.495 e. The van der Waals surface area contributed by atoms with Crippen molar-refractivity contribution in [1.29, 1.82) is 0 Å². The van der Waals surface area contributed by atoms with Crippen molar-refractivity contribution in [2.75, 3.05) is 32.1 Å². The molecule has 268 valence electrons. The number of methoxy groups -OCH3 is 1. The maximum atomic E-state index is 15.4. The number of carbonyl (C=O) groups is 2. The van der Waals surface area contributed by atoms with Gasteiger partial charge in [-0.15, -0.1) is 0 Å². The standard InChI is InChI=1S/C35H40F2N10O4/c1-4-21-17-22(5-7-24(21)34(48)42-13-14-43-35(49)26(39)11-12-40-20(2)38)46-32-33-45-19-27(47(33)16-15-41-32)25-8-9-28(31(37)30(25)36)51-29-10-6-23(50-3)18-44-29/h5-10,15-20,26,40H,4,11-14,38-39H2,1-3H3,(H,41,46)(H,42,48)(H,43,49)/t20?,26-/m0/s1. The summed E-state index contributed by atoms with van der Waals surface area (Å²) in [5.74, 6) is -2.31. The maximum Gasteiger partial charge on any atom is 0.251 e. The highest BCUT2D eigenvalue weighted by atomic mass is 19.2. The molecular weight excluding hydrogens is 662 g/mol. The molecule has 0 bridgehead atoms. The number of ether oxygens (including phenoxy) is 2. The average Bonchev–Trinajstić information content (AvgIpc) is 3.57. The van der Waals surface area contributed by atoms with Crippen molar-refractivity contribution in [2.45, 2.75) is 38.9 Å². The van der Waals surface area contributed by atoms with Crippen molar-refractivity contribution in [3.8, 4) is 28.6 Å². The normalized spacial score (nSPS) is 12.3. The van der Waals surface area contributed by atoms with Crippen LogP contribution < -0.4 is 42.2 Å². The van der Waals surface area contributed by atoms with Crippen molar-refractivity contribution < 1.29 is 27.8 Å². The second-order valence-electron chi connectivity index (χ2n) is 11.5. The summed E-state index contributed by atoms with van der Waals surface area (Å²) in [6.07, 6.45) is 6.72. The molecule has 2 amide bonds. The number of amides is 2. The van der Waals surface area contributed by atoms with Gasteiger partial charge in [-0.05, 0) is 68.3 Å². The molecule has 0 saturated carbocycles. The number of imidazole rings is 1. The Kier molecular flexibility index (Phi) is 12.0. The van der Waals surface area contributed by atoms with Gasteiger partial charge in [0.1, 0.15) is 5.75 Å². The monoisotopic (exact) mass is 702 g/mol. The molecule has 3 heterocycles. The molecule has 5 aromatic rings. The van der Waals surface area contributed by atoms with E-state index in [9.17, 15) is 9.59 Å². The minimum Gasteiger partial charge on any atom is -0.495 e. The van der Waals surface area contributed by atoms with E-state index in [2.05, 4.69) is 36.2 Å². The van der Waals surface area contributed by atoms with Crippen LogP contribution in [0.1, 0.15) is 36.2 Å². The first-order chi connectivity index (χ1) is 24.6. The zero-order chi connectivity index (χ0) is 36.5. The number of aryl methyl sites for hydroxylation is 1. The van der Waals surface area contributed by atoms with Crippen molar-refractivity contribution in [3.05, 3.63) is 90.0 Å². The predicted octanol–water partition coefficient (Wildman–Crippen LogP) is 3.63. The van der Waals surface area contributed by atoms with Gasteiger partial charge in [-0.25, -0.2) is 19.3 Å². The van der Waals surface area contributed by atoms with Crippen LogP contribution in [0.3, 0.4) is 0 Å². The van der Waals surface area contributed by atoms with Gasteiger partial charge < -0.3 is 42.2 Å². The fourth-order valence-corrected chi connectivity index (χ4v) is 5.18. The molecule has 2 atom stereocenters. The van der Waals surface area contributed by atoms with Gasteiger partial charge in [0.25, 0.3) is 5.91 Å². The number of benzene rings is 2. The van der Waals surface area contributed by atoms with Crippen LogP contribution in [0.25, 0.3) is 16.9 Å². The van der Waals surface area contributed by atoms with Crippen LogP contribution >= 0.6 is 0 Å². The minimum absolute atomic E-state index is 0.0345. The molecule has 16 heteroatoms. The summed E-state index contributed by atoms with van der Waals surface area (Å²) in [5.41, 5.74) is 14.1. The zero-order valence-electron chi connectivity index (χ0n) is 28.4. The van der Waals surface area contributed by atoms with Crippen molar-refractivity contribution in [3.63, 3.8) is 0 Å². The quantitative estimate of drug-likeness (QED) is 0.0649. The Hall–Kier alpha value is -5.71. The SMILES string of the molecule is CCc1cc(Nc2nccn3c(-c4ccc(Oc5ccc(OC)cn5)c(F)c4F)cnc23)ccc1C(=O)NCCNC(=O)[C@@H](N)CCNC(C)N. The Balaban J connectivity index is 1.24. The number of halogens is 2. The molecule has 5 rings (SSSR count). The Labute approximate surface area is 293 Å². The molecule has 0 saturated heterocycles. The lowest BCUT2D eigenvalue weighted by molar-refractivity contribution is -0.122. The molecule has 0 aliphatic heterocycles. The molecule has 2 aromatic carbocycles. The summed E-state index contributed by atoms with van der Waals surface area (Å²) < 4.78 is 42.7. The van der Waals surface area contributed by atoms with Gasteiger partial charge in [0.2, 0.25) is 17.6 Å². The maximum absolute atomic E-state index is 15.4. The summed E-state index contributed by atoms with van der Waals surface area (Å²) >= 11 is 0. The van der Waals surface area contributed by atoms with Crippen LogP contribution in [0.4, 0.5) is 20.3 Å². The Morgan fingerprint density at radius 2 is 1.76 bits per heavy atom. The van der Waals surface area contributed by atoms with Gasteiger partial charge in [0.15, 0.2) is 23.0 Å². The summed E-state index contributed by atoms with van der Waals surface area (Å²) in [7, 11) is 1.49. The fraction of sp³-hybridized carbons (Fsp3) is 0.286. The number of aromatic nitrogens is 4. The van der Waals surface area contributed by atoms with Gasteiger partial charge in [0.05, 0.1) is 37.4 Å². The van der Waals surface area contributed by atoms with Gasteiger partial charge >= 0.3 is 0 Å². The molecule has 0 fully saturated rings. The molecule has 0 aliphatic rings. The van der Waals surface area contributed by atoms with Gasteiger partial charge in [-0.2, -0.15) is 4.39 Å². The molecule has 8 N–H and O–H groups in total. The van der Waals surface area contributed by atoms with E-state index in [1.54, 1.807) is 35.7 Å². The van der Waals surface area contributed by atoms with Crippen molar-refractivity contribution >= 4 is 29.0 Å². The molecule has 0 spiro atoms. The summed E-state index contributed by atoms with van der Waals surface area (Å²) in [4.78, 5) is 38.1. The average molecular weight is 703 g/mol. The lowest BCUT2D eigenvalue weighted by Gasteiger charge is -2.15. The third-order valence-corrected chi connectivity index (χ3v) is 7.87. The van der Waals surface area contributed by atoms with Crippen LogP contribution in [0.15, 0.2) is 67.3 Å². The van der Waals surface area contributed by atoms with Crippen LogP contribution in [0.2, 0.25) is 0 Å². The molecule has 0 aliphatic carbocycles. The van der Waals surface area contributed by atoms with E-state index >= 15 is 8.78 Å². The minimum atomic E-state index is -1.18. The van der Waals surface area contributed by atoms with E-state index in [4.69, 9.17) is 20.9 Å². The number of pyridine rings is 1. The first-order valence-electron chi connectivity index (χ1n) is 16.3. The number of carbonyl (C=O) groups excluding carboxylic acids is 2. The van der Waals surface area contributed by atoms with E-state index in [0.717, 1.165) is 5.56 Å². The smallest absolute Gasteiger partial charge is 0.251 e. The Morgan fingerprint density at radius 3 is 2.49 bits per heavy atom. The van der Waals surface area contributed by atoms with Gasteiger partial charge in [-0.1, -0.05) is 6.92 Å². The number of nitrogens with two attached hydrogens (primary N) is 2. The lowest BCUT2D eigenvalue weighted by Crippen LogP contribution is -2.45. The Morgan fingerprint density at radius 1 is 0.961 bits per heavy atom. The van der Waals surface area contributed by atoms with Crippen LogP contribution in [0.5, 0.6) is 17.4 Å². The number of rotatable bonds is 16. The van der Waals surface area contributed by atoms with Crippen molar-refractivity contribution in [1.82, 2.24) is 35.3 Å². The fourth-order valence-electron chi connectivity index (χ4n) is 5.18. The summed E-state index contributed by atoms with van der Waals surface area (Å²) in [6, 6.07) is 10.3.